The highest BCUT2D eigenvalue weighted by atomic mass is 79.9. The van der Waals surface area contributed by atoms with E-state index in [1.807, 2.05) is 18.2 Å². The predicted octanol–water partition coefficient (Wildman–Crippen LogP) is 4.64. The molecule has 0 radical (unpaired) electrons. The highest BCUT2D eigenvalue weighted by molar-refractivity contribution is 9.10. The summed E-state index contributed by atoms with van der Waals surface area (Å²) >= 11 is 3.55. The molecule has 0 aliphatic heterocycles. The molecule has 1 heterocycles. The Bertz CT molecular complexity index is 1260. The third kappa shape index (κ3) is 6.62. The van der Waals surface area contributed by atoms with Crippen LogP contribution in [0, 0.1) is 0 Å². The Morgan fingerprint density at radius 2 is 2.06 bits per heavy atom. The van der Waals surface area contributed by atoms with Crippen LogP contribution in [0.4, 0.5) is 10.6 Å². The van der Waals surface area contributed by atoms with Crippen molar-refractivity contribution in [3.8, 4) is 5.75 Å². The van der Waals surface area contributed by atoms with Crippen LogP contribution in [0.2, 0.25) is 0 Å². The molecule has 1 amide bonds. The van der Waals surface area contributed by atoms with Crippen LogP contribution >= 0.6 is 15.9 Å². The molecule has 1 atom stereocenters. The summed E-state index contributed by atoms with van der Waals surface area (Å²) in [6.45, 7) is 3.24. The summed E-state index contributed by atoms with van der Waals surface area (Å²) in [6.07, 6.45) is 2.05. The van der Waals surface area contributed by atoms with Crippen LogP contribution in [0.5, 0.6) is 5.75 Å². The van der Waals surface area contributed by atoms with Crippen LogP contribution in [0.25, 0.3) is 10.9 Å². The van der Waals surface area contributed by atoms with Crippen LogP contribution in [0.1, 0.15) is 12.5 Å². The maximum Gasteiger partial charge on any atom is 0.442 e. The van der Waals surface area contributed by atoms with Crippen molar-refractivity contribution in [3.05, 3.63) is 52.8 Å². The molecule has 3 aromatic rings. The summed E-state index contributed by atoms with van der Waals surface area (Å²) in [5, 5.41) is 4.08. The number of amides is 1. The maximum atomic E-state index is 12.9. The molecule has 11 heteroatoms. The first kappa shape index (κ1) is 24.9. The summed E-state index contributed by atoms with van der Waals surface area (Å²) < 4.78 is 33.2. The van der Waals surface area contributed by atoms with Crippen molar-refractivity contribution in [2.75, 3.05) is 38.4 Å². The van der Waals surface area contributed by atoms with Gasteiger partial charge in [0, 0.05) is 36.3 Å². The normalized spacial score (nSPS) is 12.7. The lowest BCUT2D eigenvalue weighted by Gasteiger charge is -2.13. The predicted molar refractivity (Wildman–Crippen MR) is 130 cm³/mol. The second kappa shape index (κ2) is 11.4. The van der Waals surface area contributed by atoms with Crippen molar-refractivity contribution in [3.63, 3.8) is 0 Å². The summed E-state index contributed by atoms with van der Waals surface area (Å²) in [6, 6.07) is 10.7. The van der Waals surface area contributed by atoms with Crippen LogP contribution in [-0.4, -0.2) is 53.4 Å². The number of fused-ring (bicyclic) bond motifs is 1. The van der Waals surface area contributed by atoms with Gasteiger partial charge in [0.15, 0.2) is 0 Å². The molecule has 0 saturated carbocycles. The van der Waals surface area contributed by atoms with Crippen molar-refractivity contribution < 1.29 is 23.2 Å². The summed E-state index contributed by atoms with van der Waals surface area (Å²) in [5.41, 5.74) is 1.50. The summed E-state index contributed by atoms with van der Waals surface area (Å²) in [5.74, 6) is 1.31. The van der Waals surface area contributed by atoms with Gasteiger partial charge in [-0.3, -0.25) is 0 Å². The quantitative estimate of drug-likeness (QED) is 0.393. The average Bonchev–Trinajstić information content (AvgIpc) is 2.78. The van der Waals surface area contributed by atoms with E-state index < -0.39 is 15.8 Å². The minimum absolute atomic E-state index is 0.169. The zero-order valence-corrected chi connectivity index (χ0v) is 20.9. The van der Waals surface area contributed by atoms with Gasteiger partial charge in [-0.25, -0.2) is 19.0 Å². The minimum Gasteiger partial charge on any atom is -0.488 e. The lowest BCUT2D eigenvalue weighted by molar-refractivity contribution is 0.164. The number of halogens is 1. The molecule has 0 fully saturated rings. The topological polar surface area (TPSA) is 112 Å². The SMILES string of the molecule is CCOC(=O)N=S(C)(=O)c1cccc(COc2cc3ncnc(NCCOC)c3cc2Br)c1. The molecular formula is C22H25BrN4O5S. The Morgan fingerprint density at radius 1 is 1.24 bits per heavy atom. The van der Waals surface area contributed by atoms with E-state index in [0.29, 0.717) is 29.6 Å². The van der Waals surface area contributed by atoms with Crippen LogP contribution in [-0.2, 0) is 25.8 Å². The van der Waals surface area contributed by atoms with E-state index in [0.717, 1.165) is 20.9 Å². The van der Waals surface area contributed by atoms with Crippen molar-refractivity contribution in [2.45, 2.75) is 18.4 Å². The number of nitrogens with one attached hydrogen (secondary N) is 1. The van der Waals surface area contributed by atoms with Crippen molar-refractivity contribution in [1.82, 2.24) is 9.97 Å². The number of carbonyl (C=O) groups excluding carboxylic acids is 1. The van der Waals surface area contributed by atoms with Gasteiger partial charge in [0.1, 0.15) is 24.5 Å². The largest absolute Gasteiger partial charge is 0.488 e. The first-order valence-corrected chi connectivity index (χ1v) is 12.8. The second-order valence-corrected chi connectivity index (χ2v) is 10.1. The van der Waals surface area contributed by atoms with Gasteiger partial charge >= 0.3 is 6.09 Å². The van der Waals surface area contributed by atoms with E-state index in [9.17, 15) is 9.00 Å². The first-order chi connectivity index (χ1) is 15.8. The van der Waals surface area contributed by atoms with Gasteiger partial charge in [0.25, 0.3) is 0 Å². The zero-order valence-electron chi connectivity index (χ0n) is 18.5. The molecule has 1 N–H and O–H groups in total. The van der Waals surface area contributed by atoms with E-state index in [1.165, 1.54) is 12.6 Å². The lowest BCUT2D eigenvalue weighted by Crippen LogP contribution is -2.09. The van der Waals surface area contributed by atoms with Crippen molar-refractivity contribution in [1.29, 1.82) is 0 Å². The van der Waals surface area contributed by atoms with Crippen LogP contribution < -0.4 is 10.1 Å². The molecule has 0 aliphatic carbocycles. The molecule has 3 rings (SSSR count). The molecule has 0 saturated heterocycles. The number of anilines is 1. The van der Waals surface area contributed by atoms with E-state index in [2.05, 4.69) is 35.6 Å². The molecule has 0 aliphatic rings. The highest BCUT2D eigenvalue weighted by Gasteiger charge is 2.13. The van der Waals surface area contributed by atoms with Crippen molar-refractivity contribution in [2.24, 2.45) is 4.36 Å². The van der Waals surface area contributed by atoms with E-state index in [4.69, 9.17) is 14.2 Å². The fourth-order valence-electron chi connectivity index (χ4n) is 2.96. The number of ether oxygens (including phenoxy) is 3. The van der Waals surface area contributed by atoms with Gasteiger partial charge < -0.3 is 19.5 Å². The number of benzene rings is 2. The molecule has 1 aromatic heterocycles. The third-order valence-corrected chi connectivity index (χ3v) is 6.78. The Kier molecular flexibility index (Phi) is 8.59. The maximum absolute atomic E-state index is 12.9. The van der Waals surface area contributed by atoms with Gasteiger partial charge in [-0.2, -0.15) is 0 Å². The van der Waals surface area contributed by atoms with Crippen molar-refractivity contribution >= 4 is 48.5 Å². The van der Waals surface area contributed by atoms with Gasteiger partial charge in [0.05, 0.1) is 32.9 Å². The number of aromatic nitrogens is 2. The molecule has 33 heavy (non-hydrogen) atoms. The number of carbonyl (C=O) groups is 1. The number of rotatable bonds is 9. The summed E-state index contributed by atoms with van der Waals surface area (Å²) in [4.78, 5) is 20.7. The summed E-state index contributed by atoms with van der Waals surface area (Å²) in [7, 11) is -1.29. The molecular weight excluding hydrogens is 512 g/mol. The first-order valence-electron chi connectivity index (χ1n) is 10.1. The smallest absolute Gasteiger partial charge is 0.442 e. The Labute approximate surface area is 201 Å². The average molecular weight is 537 g/mol. The Hall–Kier alpha value is -2.76. The number of hydrogen-bond acceptors (Lipinski definition) is 8. The lowest BCUT2D eigenvalue weighted by atomic mass is 10.2. The molecule has 0 bridgehead atoms. The number of methoxy groups -OCH3 is 1. The van der Waals surface area contributed by atoms with Gasteiger partial charge in [-0.1, -0.05) is 12.1 Å². The standard InChI is InChI=1S/C22H25BrN4O5S/c1-4-31-22(28)27-33(3,29)16-7-5-6-15(10-16)13-32-20-12-19-17(11-18(20)23)21(26-14-25-19)24-8-9-30-2/h5-7,10-12,14H,4,8-9,13H2,1-3H3,(H,24,25,26). The fourth-order valence-corrected chi connectivity index (χ4v) is 4.56. The van der Waals surface area contributed by atoms with E-state index in [1.54, 1.807) is 32.2 Å². The molecule has 9 nitrogen and oxygen atoms in total. The van der Waals surface area contributed by atoms with Crippen LogP contribution in [0.3, 0.4) is 0 Å². The van der Waals surface area contributed by atoms with Crippen LogP contribution in [0.15, 0.2) is 56.5 Å². The molecule has 1 unspecified atom stereocenters. The highest BCUT2D eigenvalue weighted by Crippen LogP contribution is 2.32. The second-order valence-electron chi connectivity index (χ2n) is 6.97. The monoisotopic (exact) mass is 536 g/mol. The van der Waals surface area contributed by atoms with Gasteiger partial charge in [0.2, 0.25) is 0 Å². The third-order valence-electron chi connectivity index (χ3n) is 4.53. The number of nitrogens with zero attached hydrogens (tertiary/aromatic N) is 3. The molecule has 0 spiro atoms. The van der Waals surface area contributed by atoms with E-state index in [-0.39, 0.29) is 13.2 Å². The Morgan fingerprint density at radius 3 is 2.82 bits per heavy atom. The van der Waals surface area contributed by atoms with Gasteiger partial charge in [-0.15, -0.1) is 4.36 Å². The van der Waals surface area contributed by atoms with E-state index >= 15 is 0 Å². The molecule has 2 aromatic carbocycles. The van der Waals surface area contributed by atoms with Gasteiger partial charge in [-0.05, 0) is 46.6 Å². The molecule has 176 valence electrons. The zero-order chi connectivity index (χ0) is 23.8. The fraction of sp³-hybridized carbons (Fsp3) is 0.318. The minimum atomic E-state index is -2.94. The Balaban J connectivity index is 1.79. The number of hydrogen-bond donors (Lipinski definition) is 1.